The molecule has 1 aromatic rings. The van der Waals surface area contributed by atoms with Gasteiger partial charge in [-0.3, -0.25) is 4.79 Å². The summed E-state index contributed by atoms with van der Waals surface area (Å²) in [5.74, 6) is 0.671. The lowest BCUT2D eigenvalue weighted by molar-refractivity contribution is 0.0666. The molecule has 0 atom stereocenters. The van der Waals surface area contributed by atoms with Gasteiger partial charge in [-0.05, 0) is 19.9 Å². The van der Waals surface area contributed by atoms with Gasteiger partial charge in [-0.15, -0.1) is 0 Å². The first-order valence-corrected chi connectivity index (χ1v) is 6.39. The molecule has 0 saturated heterocycles. The van der Waals surface area contributed by atoms with E-state index in [1.165, 1.54) is 14.2 Å². The fourth-order valence-electron chi connectivity index (χ4n) is 1.94. The number of rotatable bonds is 6. The molecule has 1 rings (SSSR count). The van der Waals surface area contributed by atoms with Crippen LogP contribution in [0.3, 0.4) is 0 Å². The number of amides is 1. The summed E-state index contributed by atoms with van der Waals surface area (Å²) < 4.78 is 10.3. The van der Waals surface area contributed by atoms with Crippen LogP contribution in [0.25, 0.3) is 0 Å². The van der Waals surface area contributed by atoms with E-state index in [-0.39, 0.29) is 25.1 Å². The van der Waals surface area contributed by atoms with Crippen molar-refractivity contribution in [2.75, 3.05) is 33.1 Å². The Kier molecular flexibility index (Phi) is 5.64. The Balaban J connectivity index is 3.20. The van der Waals surface area contributed by atoms with E-state index in [0.717, 1.165) is 0 Å². The largest absolute Gasteiger partial charge is 0.493 e. The summed E-state index contributed by atoms with van der Waals surface area (Å²) in [5.41, 5.74) is 6.56. The predicted octanol–water partition coefficient (Wildman–Crippen LogP) is 1.13. The van der Waals surface area contributed by atoms with Crippen LogP contribution in [0.4, 0.5) is 5.69 Å². The number of aliphatic hydroxyl groups is 1. The van der Waals surface area contributed by atoms with Gasteiger partial charge in [0.05, 0.1) is 26.4 Å². The molecule has 0 bridgehead atoms. The van der Waals surface area contributed by atoms with Crippen molar-refractivity contribution in [3.8, 4) is 11.5 Å². The Morgan fingerprint density at radius 1 is 1.30 bits per heavy atom. The normalized spacial score (nSPS) is 10.5. The van der Waals surface area contributed by atoms with Gasteiger partial charge < -0.3 is 25.2 Å². The van der Waals surface area contributed by atoms with Crippen molar-refractivity contribution in [3.05, 3.63) is 17.7 Å². The van der Waals surface area contributed by atoms with Crippen molar-refractivity contribution in [2.24, 2.45) is 0 Å². The number of hydrogen-bond donors (Lipinski definition) is 2. The topological polar surface area (TPSA) is 85.0 Å². The summed E-state index contributed by atoms with van der Waals surface area (Å²) in [5, 5.41) is 9.06. The highest BCUT2D eigenvalue weighted by atomic mass is 16.5. The molecule has 3 N–H and O–H groups in total. The van der Waals surface area contributed by atoms with Crippen molar-refractivity contribution in [1.29, 1.82) is 0 Å². The molecule has 6 heteroatoms. The number of anilines is 1. The highest BCUT2D eigenvalue weighted by Crippen LogP contribution is 2.32. The number of ether oxygens (including phenoxy) is 2. The molecule has 112 valence electrons. The van der Waals surface area contributed by atoms with E-state index in [0.29, 0.717) is 22.7 Å². The molecule has 0 unspecified atom stereocenters. The Morgan fingerprint density at radius 3 is 2.30 bits per heavy atom. The van der Waals surface area contributed by atoms with Gasteiger partial charge in [-0.2, -0.15) is 0 Å². The minimum absolute atomic E-state index is 0.0397. The van der Waals surface area contributed by atoms with Crippen molar-refractivity contribution in [3.63, 3.8) is 0 Å². The minimum Gasteiger partial charge on any atom is -0.493 e. The fraction of sp³-hybridized carbons (Fsp3) is 0.500. The molecular weight excluding hydrogens is 260 g/mol. The zero-order valence-electron chi connectivity index (χ0n) is 12.3. The molecule has 0 heterocycles. The zero-order chi connectivity index (χ0) is 15.3. The van der Waals surface area contributed by atoms with E-state index in [2.05, 4.69) is 0 Å². The van der Waals surface area contributed by atoms with E-state index >= 15 is 0 Å². The van der Waals surface area contributed by atoms with Crippen LogP contribution in [0.15, 0.2) is 12.1 Å². The minimum atomic E-state index is -0.243. The third-order valence-corrected chi connectivity index (χ3v) is 3.01. The molecule has 0 fully saturated rings. The Morgan fingerprint density at radius 2 is 1.85 bits per heavy atom. The highest BCUT2D eigenvalue weighted by Gasteiger charge is 2.22. The monoisotopic (exact) mass is 282 g/mol. The number of nitrogen functional groups attached to an aromatic ring is 1. The second kappa shape index (κ2) is 7.00. The number of aliphatic hydroxyl groups excluding tert-OH is 1. The first kappa shape index (κ1) is 16.1. The summed E-state index contributed by atoms with van der Waals surface area (Å²) in [6.45, 7) is 3.91. The number of nitrogens with two attached hydrogens (primary N) is 1. The molecule has 1 aromatic carbocycles. The first-order valence-electron chi connectivity index (χ1n) is 6.39. The van der Waals surface area contributed by atoms with Crippen molar-refractivity contribution in [2.45, 2.75) is 19.9 Å². The summed E-state index contributed by atoms with van der Waals surface area (Å²) in [7, 11) is 3.00. The lowest BCUT2D eigenvalue weighted by Gasteiger charge is -2.26. The lowest BCUT2D eigenvalue weighted by atomic mass is 10.1. The summed E-state index contributed by atoms with van der Waals surface area (Å²) in [6.07, 6.45) is 0. The summed E-state index contributed by atoms with van der Waals surface area (Å²) in [6, 6.07) is 3.08. The maximum Gasteiger partial charge on any atom is 0.256 e. The Hall–Kier alpha value is -1.95. The molecule has 0 aliphatic carbocycles. The maximum absolute atomic E-state index is 12.5. The van der Waals surface area contributed by atoms with Crippen LogP contribution in [0.5, 0.6) is 11.5 Å². The third-order valence-electron chi connectivity index (χ3n) is 3.01. The van der Waals surface area contributed by atoms with Crippen LogP contribution in [0, 0.1) is 0 Å². The molecule has 0 spiro atoms. The van der Waals surface area contributed by atoms with Crippen molar-refractivity contribution in [1.82, 2.24) is 4.90 Å². The third kappa shape index (κ3) is 3.33. The van der Waals surface area contributed by atoms with Gasteiger partial charge in [0.25, 0.3) is 5.91 Å². The lowest BCUT2D eigenvalue weighted by Crippen LogP contribution is -2.39. The number of carbonyl (C=O) groups is 1. The molecular formula is C14H22N2O4. The highest BCUT2D eigenvalue weighted by molar-refractivity contribution is 6.00. The molecule has 0 aliphatic heterocycles. The van der Waals surface area contributed by atoms with Crippen molar-refractivity contribution >= 4 is 11.6 Å². The van der Waals surface area contributed by atoms with E-state index in [1.807, 2.05) is 13.8 Å². The second-order valence-corrected chi connectivity index (χ2v) is 4.61. The number of carbonyl (C=O) groups excluding carboxylic acids is 1. The van der Waals surface area contributed by atoms with E-state index in [4.69, 9.17) is 20.3 Å². The van der Waals surface area contributed by atoms with Gasteiger partial charge in [0, 0.05) is 24.3 Å². The van der Waals surface area contributed by atoms with Crippen LogP contribution in [0.1, 0.15) is 24.2 Å². The van der Waals surface area contributed by atoms with Gasteiger partial charge >= 0.3 is 0 Å². The van der Waals surface area contributed by atoms with E-state index < -0.39 is 0 Å². The molecule has 20 heavy (non-hydrogen) atoms. The van der Waals surface area contributed by atoms with Crippen molar-refractivity contribution < 1.29 is 19.4 Å². The molecule has 1 amide bonds. The van der Waals surface area contributed by atoms with Gasteiger partial charge in [0.1, 0.15) is 0 Å². The van der Waals surface area contributed by atoms with Gasteiger partial charge in [-0.1, -0.05) is 0 Å². The molecule has 0 aromatic heterocycles. The van der Waals surface area contributed by atoms with Crippen LogP contribution in [-0.4, -0.2) is 49.3 Å². The standard InChI is InChI=1S/C14H22N2O4/c1-9(2)16(5-6-17)14(18)10-7-12(19-3)13(20-4)8-11(10)15/h7-9,17H,5-6,15H2,1-4H3. The summed E-state index contributed by atoms with van der Waals surface area (Å²) in [4.78, 5) is 14.1. The molecule has 0 radical (unpaired) electrons. The van der Waals surface area contributed by atoms with Crippen LogP contribution in [0.2, 0.25) is 0 Å². The van der Waals surface area contributed by atoms with Gasteiger partial charge in [0.2, 0.25) is 0 Å². The van der Waals surface area contributed by atoms with Crippen LogP contribution >= 0.6 is 0 Å². The van der Waals surface area contributed by atoms with Crippen LogP contribution < -0.4 is 15.2 Å². The molecule has 6 nitrogen and oxygen atoms in total. The SMILES string of the molecule is COc1cc(N)c(C(=O)N(CCO)C(C)C)cc1OC. The number of methoxy groups -OCH3 is 2. The van der Waals surface area contributed by atoms with E-state index in [1.54, 1.807) is 17.0 Å². The van der Waals surface area contributed by atoms with Gasteiger partial charge in [-0.25, -0.2) is 0 Å². The molecule has 0 saturated carbocycles. The Bertz CT molecular complexity index is 474. The predicted molar refractivity (Wildman–Crippen MR) is 77.2 cm³/mol. The number of hydrogen-bond acceptors (Lipinski definition) is 5. The van der Waals surface area contributed by atoms with Crippen LogP contribution in [-0.2, 0) is 0 Å². The second-order valence-electron chi connectivity index (χ2n) is 4.61. The smallest absolute Gasteiger partial charge is 0.256 e. The molecule has 0 aliphatic rings. The first-order chi connectivity index (χ1) is 9.46. The Labute approximate surface area is 119 Å². The summed E-state index contributed by atoms with van der Waals surface area (Å²) >= 11 is 0. The van der Waals surface area contributed by atoms with E-state index in [9.17, 15) is 4.79 Å². The number of benzene rings is 1. The zero-order valence-corrected chi connectivity index (χ0v) is 12.3. The number of nitrogens with zero attached hydrogens (tertiary/aromatic N) is 1. The van der Waals surface area contributed by atoms with Gasteiger partial charge in [0.15, 0.2) is 11.5 Å². The fourth-order valence-corrected chi connectivity index (χ4v) is 1.94. The average molecular weight is 282 g/mol. The average Bonchev–Trinajstić information content (AvgIpc) is 2.43. The quantitative estimate of drug-likeness (QED) is 0.764. The maximum atomic E-state index is 12.5.